The van der Waals surface area contributed by atoms with Crippen LogP contribution in [0.15, 0.2) is 36.8 Å². The lowest BCUT2D eigenvalue weighted by Gasteiger charge is -2.46. The SMILES string of the molecule is O=C[C@H](Cc1cnc[nH]1)NC[C@@H]1C[C@H]2CCCC[C@@H]2CN1C(=O)c1ccc(F)cc1. The van der Waals surface area contributed by atoms with Crippen molar-refractivity contribution in [3.8, 4) is 0 Å². The van der Waals surface area contributed by atoms with Crippen molar-refractivity contribution in [1.82, 2.24) is 20.2 Å². The van der Waals surface area contributed by atoms with Crippen LogP contribution in [-0.2, 0) is 11.2 Å². The standard InChI is InChI=1S/C23H29FN4O2/c24-19-7-5-16(6-8-19)23(30)28-13-18-4-2-1-3-17(18)9-22(28)12-26-21(14-29)10-20-11-25-15-27-20/h5-8,11,14-15,17-18,21-22,26H,1-4,9-10,12-13H2,(H,25,27)/t17-,18-,21+,22+/m1/s1. The van der Waals surface area contributed by atoms with Crippen LogP contribution in [0.2, 0.25) is 0 Å². The fraction of sp³-hybridized carbons (Fsp3) is 0.522. The summed E-state index contributed by atoms with van der Waals surface area (Å²) < 4.78 is 13.3. The van der Waals surface area contributed by atoms with Crippen molar-refractivity contribution in [2.45, 2.75) is 50.6 Å². The number of fused-ring (bicyclic) bond motifs is 1. The molecule has 0 spiro atoms. The molecular formula is C23H29FN4O2. The molecule has 0 radical (unpaired) electrons. The molecule has 1 aromatic carbocycles. The molecule has 0 unspecified atom stereocenters. The number of H-pyrrole nitrogens is 1. The number of rotatable bonds is 7. The normalized spacial score (nSPS) is 24.8. The van der Waals surface area contributed by atoms with Crippen molar-refractivity contribution < 1.29 is 14.0 Å². The monoisotopic (exact) mass is 412 g/mol. The number of imidazole rings is 1. The maximum absolute atomic E-state index is 13.3. The van der Waals surface area contributed by atoms with Crippen molar-refractivity contribution in [2.24, 2.45) is 11.8 Å². The number of hydrogen-bond acceptors (Lipinski definition) is 4. The van der Waals surface area contributed by atoms with E-state index in [1.54, 1.807) is 24.7 Å². The molecule has 30 heavy (non-hydrogen) atoms. The Morgan fingerprint density at radius 3 is 2.73 bits per heavy atom. The average molecular weight is 413 g/mol. The second-order valence-electron chi connectivity index (χ2n) is 8.59. The van der Waals surface area contributed by atoms with Gasteiger partial charge < -0.3 is 20.0 Å². The van der Waals surface area contributed by atoms with Crippen LogP contribution in [0.4, 0.5) is 4.39 Å². The summed E-state index contributed by atoms with van der Waals surface area (Å²) in [6.45, 7) is 1.30. The van der Waals surface area contributed by atoms with Crippen LogP contribution < -0.4 is 5.32 Å². The first kappa shape index (κ1) is 20.7. The molecule has 7 heteroatoms. The summed E-state index contributed by atoms with van der Waals surface area (Å²) in [5, 5.41) is 3.35. The van der Waals surface area contributed by atoms with E-state index in [0.29, 0.717) is 30.4 Å². The topological polar surface area (TPSA) is 78.1 Å². The van der Waals surface area contributed by atoms with Gasteiger partial charge in [0.05, 0.1) is 12.4 Å². The van der Waals surface area contributed by atoms with Crippen LogP contribution in [0, 0.1) is 17.7 Å². The van der Waals surface area contributed by atoms with Gasteiger partial charge in [-0.2, -0.15) is 0 Å². The fourth-order valence-electron chi connectivity index (χ4n) is 5.00. The zero-order valence-corrected chi connectivity index (χ0v) is 17.1. The van der Waals surface area contributed by atoms with Gasteiger partial charge in [-0.3, -0.25) is 4.79 Å². The highest BCUT2D eigenvalue weighted by Gasteiger charge is 2.39. The molecule has 4 atom stereocenters. The number of hydrogen-bond donors (Lipinski definition) is 2. The van der Waals surface area contributed by atoms with Gasteiger partial charge in [0.25, 0.3) is 5.91 Å². The second-order valence-corrected chi connectivity index (χ2v) is 8.59. The number of aromatic amines is 1. The summed E-state index contributed by atoms with van der Waals surface area (Å²) in [5.74, 6) is 0.766. The zero-order valence-electron chi connectivity index (χ0n) is 17.1. The Morgan fingerprint density at radius 2 is 2.03 bits per heavy atom. The predicted octanol–water partition coefficient (Wildman–Crippen LogP) is 2.97. The minimum Gasteiger partial charge on any atom is -0.348 e. The second kappa shape index (κ2) is 9.51. The molecule has 6 nitrogen and oxygen atoms in total. The van der Waals surface area contributed by atoms with Crippen molar-refractivity contribution in [2.75, 3.05) is 13.1 Å². The molecule has 1 amide bonds. The molecule has 1 aliphatic heterocycles. The fourth-order valence-corrected chi connectivity index (χ4v) is 5.00. The zero-order chi connectivity index (χ0) is 20.9. The van der Waals surface area contributed by atoms with E-state index in [-0.39, 0.29) is 23.8 Å². The van der Waals surface area contributed by atoms with E-state index < -0.39 is 0 Å². The maximum atomic E-state index is 13.3. The first-order valence-electron chi connectivity index (χ1n) is 10.9. The van der Waals surface area contributed by atoms with Gasteiger partial charge in [0.15, 0.2) is 0 Å². The first-order chi connectivity index (χ1) is 14.6. The number of amides is 1. The van der Waals surface area contributed by atoms with E-state index in [0.717, 1.165) is 31.4 Å². The summed E-state index contributed by atoms with van der Waals surface area (Å²) in [6, 6.07) is 5.47. The van der Waals surface area contributed by atoms with Gasteiger partial charge in [-0.25, -0.2) is 9.37 Å². The van der Waals surface area contributed by atoms with E-state index in [9.17, 15) is 14.0 Å². The van der Waals surface area contributed by atoms with Gasteiger partial charge in [0.1, 0.15) is 12.1 Å². The van der Waals surface area contributed by atoms with Crippen LogP contribution >= 0.6 is 0 Å². The molecule has 1 aliphatic carbocycles. The third-order valence-corrected chi connectivity index (χ3v) is 6.64. The highest BCUT2D eigenvalue weighted by Crippen LogP contribution is 2.39. The number of aromatic nitrogens is 2. The number of likely N-dealkylation sites (tertiary alicyclic amines) is 1. The molecular weight excluding hydrogens is 383 g/mol. The molecule has 2 aliphatic rings. The molecule has 4 rings (SSSR count). The third kappa shape index (κ3) is 4.78. The summed E-state index contributed by atoms with van der Waals surface area (Å²) in [6.07, 6.45) is 10.6. The van der Waals surface area contributed by atoms with E-state index in [1.165, 1.54) is 31.4 Å². The van der Waals surface area contributed by atoms with Gasteiger partial charge >= 0.3 is 0 Å². The predicted molar refractivity (Wildman–Crippen MR) is 111 cm³/mol. The highest BCUT2D eigenvalue weighted by molar-refractivity contribution is 5.94. The number of nitrogens with one attached hydrogen (secondary N) is 2. The van der Waals surface area contributed by atoms with E-state index in [1.807, 2.05) is 4.90 Å². The number of halogens is 1. The Balaban J connectivity index is 1.47. The lowest BCUT2D eigenvalue weighted by atomic mass is 9.72. The molecule has 160 valence electrons. The lowest BCUT2D eigenvalue weighted by molar-refractivity contribution is -0.109. The third-order valence-electron chi connectivity index (χ3n) is 6.64. The molecule has 1 aromatic heterocycles. The Hall–Kier alpha value is -2.54. The van der Waals surface area contributed by atoms with Gasteiger partial charge in [-0.1, -0.05) is 19.3 Å². The van der Waals surface area contributed by atoms with Crippen molar-refractivity contribution in [3.63, 3.8) is 0 Å². The maximum Gasteiger partial charge on any atom is 0.254 e. The van der Waals surface area contributed by atoms with Crippen molar-refractivity contribution in [3.05, 3.63) is 53.9 Å². The van der Waals surface area contributed by atoms with Crippen molar-refractivity contribution in [1.29, 1.82) is 0 Å². The average Bonchev–Trinajstić information content (AvgIpc) is 3.29. The quantitative estimate of drug-likeness (QED) is 0.686. The minimum atomic E-state index is -0.344. The molecule has 2 aromatic rings. The molecule has 2 heterocycles. The Kier molecular flexibility index (Phi) is 6.57. The van der Waals surface area contributed by atoms with Crippen molar-refractivity contribution >= 4 is 12.2 Å². The van der Waals surface area contributed by atoms with Gasteiger partial charge in [0, 0.05) is 43.0 Å². The number of benzene rings is 1. The summed E-state index contributed by atoms with van der Waals surface area (Å²) >= 11 is 0. The summed E-state index contributed by atoms with van der Waals surface area (Å²) in [5.41, 5.74) is 1.41. The Morgan fingerprint density at radius 1 is 1.27 bits per heavy atom. The van der Waals surface area contributed by atoms with Crippen LogP contribution in [0.3, 0.4) is 0 Å². The highest BCUT2D eigenvalue weighted by atomic mass is 19.1. The largest absolute Gasteiger partial charge is 0.348 e. The Labute approximate surface area is 176 Å². The van der Waals surface area contributed by atoms with Gasteiger partial charge in [-0.05, 0) is 48.9 Å². The summed E-state index contributed by atoms with van der Waals surface area (Å²) in [4.78, 5) is 33.8. The van der Waals surface area contributed by atoms with Crippen LogP contribution in [-0.4, -0.2) is 52.2 Å². The number of aldehydes is 1. The van der Waals surface area contributed by atoms with E-state index in [2.05, 4.69) is 15.3 Å². The van der Waals surface area contributed by atoms with Gasteiger partial charge in [-0.15, -0.1) is 0 Å². The van der Waals surface area contributed by atoms with Crippen LogP contribution in [0.5, 0.6) is 0 Å². The number of carbonyl (C=O) groups excluding carboxylic acids is 2. The number of nitrogens with zero attached hydrogens (tertiary/aromatic N) is 2. The molecule has 0 bridgehead atoms. The summed E-state index contributed by atoms with van der Waals surface area (Å²) in [7, 11) is 0. The van der Waals surface area contributed by atoms with E-state index in [4.69, 9.17) is 0 Å². The van der Waals surface area contributed by atoms with E-state index >= 15 is 0 Å². The smallest absolute Gasteiger partial charge is 0.254 e. The first-order valence-corrected chi connectivity index (χ1v) is 10.9. The van der Waals surface area contributed by atoms with Crippen LogP contribution in [0.1, 0.15) is 48.2 Å². The van der Waals surface area contributed by atoms with Crippen LogP contribution in [0.25, 0.3) is 0 Å². The minimum absolute atomic E-state index is 0.0196. The van der Waals surface area contributed by atoms with Gasteiger partial charge in [0.2, 0.25) is 0 Å². The molecule has 2 N–H and O–H groups in total. The lowest BCUT2D eigenvalue weighted by Crippen LogP contribution is -2.55. The Bertz CT molecular complexity index is 839. The number of piperidine rings is 1. The number of carbonyl (C=O) groups is 2. The molecule has 1 saturated carbocycles. The molecule has 2 fully saturated rings. The molecule has 1 saturated heterocycles.